The Labute approximate surface area is 152 Å². The van der Waals surface area contributed by atoms with E-state index in [4.69, 9.17) is 4.42 Å². The molecule has 6 heteroatoms. The Kier molecular flexibility index (Phi) is 4.32. The van der Waals surface area contributed by atoms with Gasteiger partial charge in [0.15, 0.2) is 0 Å². The van der Waals surface area contributed by atoms with Crippen LogP contribution in [-0.4, -0.2) is 34.4 Å². The van der Waals surface area contributed by atoms with Gasteiger partial charge < -0.3 is 14.6 Å². The Morgan fingerprint density at radius 1 is 1.38 bits per heavy atom. The van der Waals surface area contributed by atoms with Crippen molar-refractivity contribution in [2.45, 2.75) is 32.2 Å². The highest BCUT2D eigenvalue weighted by Gasteiger charge is 2.31. The van der Waals surface area contributed by atoms with E-state index in [-0.39, 0.29) is 11.9 Å². The fourth-order valence-corrected chi connectivity index (χ4v) is 3.63. The fraction of sp³-hybridized carbons (Fsp3) is 0.350. The number of nitrogens with zero attached hydrogens (tertiary/aromatic N) is 3. The summed E-state index contributed by atoms with van der Waals surface area (Å²) in [6.07, 6.45) is 7.38. The van der Waals surface area contributed by atoms with Crippen molar-refractivity contribution in [3.8, 4) is 0 Å². The van der Waals surface area contributed by atoms with Crippen LogP contribution in [0.2, 0.25) is 0 Å². The number of aryl methyl sites for hydroxylation is 1. The smallest absolute Gasteiger partial charge is 0.227 e. The second kappa shape index (κ2) is 6.78. The van der Waals surface area contributed by atoms with Gasteiger partial charge in [0.25, 0.3) is 0 Å². The third-order valence-electron chi connectivity index (χ3n) is 4.98. The predicted molar refractivity (Wildman–Crippen MR) is 99.9 cm³/mol. The number of aromatic nitrogens is 2. The summed E-state index contributed by atoms with van der Waals surface area (Å²) in [6.45, 7) is 2.78. The second-order valence-corrected chi connectivity index (χ2v) is 6.76. The molecule has 4 rings (SSSR count). The van der Waals surface area contributed by atoms with Gasteiger partial charge in [0.1, 0.15) is 11.4 Å². The lowest BCUT2D eigenvalue weighted by molar-refractivity contribution is -0.131. The largest absolute Gasteiger partial charge is 0.464 e. The zero-order chi connectivity index (χ0) is 18.1. The molecule has 6 nitrogen and oxygen atoms in total. The average molecular weight is 350 g/mol. The third-order valence-corrected chi connectivity index (χ3v) is 4.98. The van der Waals surface area contributed by atoms with Crippen molar-refractivity contribution in [1.29, 1.82) is 0 Å². The number of fused-ring (bicyclic) bond motifs is 1. The minimum absolute atomic E-state index is 0.0105. The van der Waals surface area contributed by atoms with Crippen LogP contribution < -0.4 is 5.32 Å². The van der Waals surface area contributed by atoms with Crippen molar-refractivity contribution >= 4 is 22.7 Å². The first-order valence-electron chi connectivity index (χ1n) is 8.91. The number of anilines is 1. The molecule has 1 fully saturated rings. The highest BCUT2D eigenvalue weighted by Crippen LogP contribution is 2.32. The molecule has 3 heterocycles. The van der Waals surface area contributed by atoms with E-state index < -0.39 is 0 Å². The van der Waals surface area contributed by atoms with Gasteiger partial charge in [-0.25, -0.2) is 4.98 Å². The summed E-state index contributed by atoms with van der Waals surface area (Å²) in [5.74, 6) is 0.824. The van der Waals surface area contributed by atoms with E-state index in [1.807, 2.05) is 37.1 Å². The molecule has 0 bridgehead atoms. The maximum atomic E-state index is 13.0. The topological polar surface area (TPSA) is 71.3 Å². The Morgan fingerprint density at radius 2 is 2.27 bits per heavy atom. The number of likely N-dealkylation sites (tertiary alicyclic amines) is 1. The molecule has 1 aliphatic heterocycles. The maximum absolute atomic E-state index is 13.0. The summed E-state index contributed by atoms with van der Waals surface area (Å²) in [7, 11) is 1.82. The predicted octanol–water partition coefficient (Wildman–Crippen LogP) is 3.48. The van der Waals surface area contributed by atoms with E-state index in [0.29, 0.717) is 6.42 Å². The Hall–Kier alpha value is -2.89. The fourth-order valence-electron chi connectivity index (χ4n) is 3.63. The van der Waals surface area contributed by atoms with Crippen LogP contribution in [0.4, 0.5) is 5.82 Å². The summed E-state index contributed by atoms with van der Waals surface area (Å²) in [5, 5.41) is 4.02. The first-order chi connectivity index (χ1) is 12.7. The van der Waals surface area contributed by atoms with Gasteiger partial charge in [0.2, 0.25) is 5.91 Å². The molecule has 1 aliphatic rings. The normalized spacial score (nSPS) is 17.0. The summed E-state index contributed by atoms with van der Waals surface area (Å²) >= 11 is 0. The van der Waals surface area contributed by atoms with Crippen molar-refractivity contribution in [2.24, 2.45) is 0 Å². The number of hydrogen-bond acceptors (Lipinski definition) is 5. The van der Waals surface area contributed by atoms with Crippen LogP contribution in [0, 0.1) is 6.92 Å². The number of nitrogens with one attached hydrogen (secondary N) is 1. The van der Waals surface area contributed by atoms with Crippen LogP contribution >= 0.6 is 0 Å². The van der Waals surface area contributed by atoms with E-state index in [1.165, 1.54) is 0 Å². The number of carbonyl (C=O) groups is 1. The molecule has 0 aliphatic carbocycles. The minimum Gasteiger partial charge on any atom is -0.464 e. The number of rotatable bonds is 4. The van der Waals surface area contributed by atoms with E-state index >= 15 is 0 Å². The lowest BCUT2D eigenvalue weighted by Gasteiger charge is -2.24. The molecular formula is C20H22N4O2. The Morgan fingerprint density at radius 3 is 3.12 bits per heavy atom. The van der Waals surface area contributed by atoms with Crippen LogP contribution in [0.15, 0.2) is 41.3 Å². The molecule has 1 amide bonds. The monoisotopic (exact) mass is 350 g/mol. The quantitative estimate of drug-likeness (QED) is 0.780. The standard InChI is InChI=1S/C20H22N4O2/c1-13-5-6-15-14(12-26-18(15)8-13)9-20(25)24-7-3-4-17(24)16-10-22-11-19(21-2)23-16/h5-6,8,10-12,17H,3-4,7,9H2,1-2H3,(H,21,23)/t17-/m0/s1. The van der Waals surface area contributed by atoms with Crippen LogP contribution in [0.3, 0.4) is 0 Å². The maximum Gasteiger partial charge on any atom is 0.227 e. The number of amides is 1. The number of carbonyl (C=O) groups excluding carboxylic acids is 1. The Balaban J connectivity index is 1.56. The SMILES string of the molecule is CNc1cncc([C@@H]2CCCN2C(=O)Cc2coc3cc(C)ccc23)n1. The van der Waals surface area contributed by atoms with Crippen LogP contribution in [0.1, 0.15) is 35.7 Å². The number of benzene rings is 1. The van der Waals surface area contributed by atoms with Crippen molar-refractivity contribution < 1.29 is 9.21 Å². The molecule has 0 unspecified atom stereocenters. The lowest BCUT2D eigenvalue weighted by Crippen LogP contribution is -2.32. The zero-order valence-electron chi connectivity index (χ0n) is 15.0. The van der Waals surface area contributed by atoms with Gasteiger partial charge in [0, 0.05) is 24.5 Å². The molecule has 1 aromatic carbocycles. The van der Waals surface area contributed by atoms with Crippen molar-refractivity contribution in [3.05, 3.63) is 53.7 Å². The highest BCUT2D eigenvalue weighted by atomic mass is 16.3. The lowest BCUT2D eigenvalue weighted by atomic mass is 10.1. The molecule has 0 radical (unpaired) electrons. The molecule has 3 aromatic rings. The van der Waals surface area contributed by atoms with Crippen LogP contribution in [0.25, 0.3) is 11.0 Å². The molecule has 134 valence electrons. The van der Waals surface area contributed by atoms with Crippen LogP contribution in [-0.2, 0) is 11.2 Å². The first-order valence-corrected chi connectivity index (χ1v) is 8.91. The second-order valence-electron chi connectivity index (χ2n) is 6.76. The minimum atomic E-state index is -0.0105. The third kappa shape index (κ3) is 3.03. The van der Waals surface area contributed by atoms with Gasteiger partial charge in [-0.05, 0) is 31.4 Å². The average Bonchev–Trinajstić information content (AvgIpc) is 3.29. The highest BCUT2D eigenvalue weighted by molar-refractivity contribution is 5.88. The first kappa shape index (κ1) is 16.6. The van der Waals surface area contributed by atoms with Crippen molar-refractivity contribution in [1.82, 2.24) is 14.9 Å². The van der Waals surface area contributed by atoms with Gasteiger partial charge in [-0.3, -0.25) is 9.78 Å². The molecular weight excluding hydrogens is 328 g/mol. The summed E-state index contributed by atoms with van der Waals surface area (Å²) in [5.41, 5.74) is 3.76. The van der Waals surface area contributed by atoms with Gasteiger partial charge in [-0.15, -0.1) is 0 Å². The van der Waals surface area contributed by atoms with E-state index in [2.05, 4.69) is 15.3 Å². The zero-order valence-corrected chi connectivity index (χ0v) is 15.0. The number of hydrogen-bond donors (Lipinski definition) is 1. The van der Waals surface area contributed by atoms with E-state index in [9.17, 15) is 4.79 Å². The van der Waals surface area contributed by atoms with E-state index in [0.717, 1.165) is 53.0 Å². The van der Waals surface area contributed by atoms with Gasteiger partial charge in [0.05, 0.1) is 36.8 Å². The molecule has 1 N–H and O–H groups in total. The van der Waals surface area contributed by atoms with E-state index in [1.54, 1.807) is 18.7 Å². The molecule has 1 saturated heterocycles. The molecule has 26 heavy (non-hydrogen) atoms. The molecule has 0 saturated carbocycles. The summed E-state index contributed by atoms with van der Waals surface area (Å²) in [4.78, 5) is 23.7. The van der Waals surface area contributed by atoms with Crippen molar-refractivity contribution in [2.75, 3.05) is 18.9 Å². The Bertz CT molecular complexity index is 950. The molecule has 1 atom stereocenters. The van der Waals surface area contributed by atoms with Crippen molar-refractivity contribution in [3.63, 3.8) is 0 Å². The van der Waals surface area contributed by atoms with Gasteiger partial charge in [-0.1, -0.05) is 12.1 Å². The van der Waals surface area contributed by atoms with Gasteiger partial charge >= 0.3 is 0 Å². The number of furan rings is 1. The van der Waals surface area contributed by atoms with Gasteiger partial charge in [-0.2, -0.15) is 0 Å². The summed E-state index contributed by atoms with van der Waals surface area (Å²) < 4.78 is 5.63. The molecule has 0 spiro atoms. The molecule has 2 aromatic heterocycles. The van der Waals surface area contributed by atoms with Crippen LogP contribution in [0.5, 0.6) is 0 Å². The summed E-state index contributed by atoms with van der Waals surface area (Å²) in [6, 6.07) is 6.06.